The van der Waals surface area contributed by atoms with Crippen molar-refractivity contribution in [3.63, 3.8) is 0 Å². The van der Waals surface area contributed by atoms with Gasteiger partial charge in [-0.15, -0.1) is 0 Å². The molecule has 6 heteroatoms. The Morgan fingerprint density at radius 2 is 1.51 bits per heavy atom. The Morgan fingerprint density at radius 3 is 2.44 bits per heavy atom. The number of nitrogens with zero attached hydrogens (tertiary/aromatic N) is 5. The van der Waals surface area contributed by atoms with Crippen molar-refractivity contribution >= 4 is 32.9 Å². The maximum Gasteiger partial charge on any atom is 0.227 e. The Labute approximate surface area is 223 Å². The van der Waals surface area contributed by atoms with E-state index in [0.717, 1.165) is 50.3 Å². The maximum absolute atomic E-state index is 6.11. The van der Waals surface area contributed by atoms with Crippen molar-refractivity contribution in [3.8, 4) is 34.1 Å². The number of para-hydroxylation sites is 3. The number of pyridine rings is 1. The van der Waals surface area contributed by atoms with Crippen molar-refractivity contribution in [1.82, 2.24) is 24.3 Å². The molecule has 0 amide bonds. The van der Waals surface area contributed by atoms with Gasteiger partial charge in [0.25, 0.3) is 0 Å². The van der Waals surface area contributed by atoms with Gasteiger partial charge in [-0.1, -0.05) is 48.5 Å². The highest BCUT2D eigenvalue weighted by atomic mass is 16.3. The molecule has 0 fully saturated rings. The highest BCUT2D eigenvalue weighted by molar-refractivity contribution is 6.10. The summed E-state index contributed by atoms with van der Waals surface area (Å²) in [5.41, 5.74) is 8.74. The second-order valence-electron chi connectivity index (χ2n) is 9.47. The van der Waals surface area contributed by atoms with E-state index in [1.165, 1.54) is 10.8 Å². The van der Waals surface area contributed by atoms with Gasteiger partial charge in [-0.25, -0.2) is 9.67 Å². The zero-order chi connectivity index (χ0) is 25.8. The van der Waals surface area contributed by atoms with Crippen molar-refractivity contribution in [2.24, 2.45) is 0 Å². The molecule has 0 saturated carbocycles. The molecule has 0 aliphatic rings. The third-order valence-electron chi connectivity index (χ3n) is 7.13. The van der Waals surface area contributed by atoms with E-state index in [4.69, 9.17) is 9.40 Å². The molecule has 4 aromatic carbocycles. The fourth-order valence-corrected chi connectivity index (χ4v) is 5.32. The molecule has 6 nitrogen and oxygen atoms in total. The van der Waals surface area contributed by atoms with E-state index in [1.807, 2.05) is 53.5 Å². The zero-order valence-corrected chi connectivity index (χ0v) is 20.8. The van der Waals surface area contributed by atoms with Crippen LogP contribution in [0.3, 0.4) is 0 Å². The van der Waals surface area contributed by atoms with Gasteiger partial charge in [0.15, 0.2) is 5.58 Å². The van der Waals surface area contributed by atoms with Crippen LogP contribution in [0.15, 0.2) is 132 Å². The fourth-order valence-electron chi connectivity index (χ4n) is 5.32. The van der Waals surface area contributed by atoms with E-state index < -0.39 is 0 Å². The van der Waals surface area contributed by atoms with Gasteiger partial charge < -0.3 is 8.98 Å². The second kappa shape index (κ2) is 8.53. The van der Waals surface area contributed by atoms with Gasteiger partial charge in [0, 0.05) is 46.2 Å². The maximum atomic E-state index is 6.11. The van der Waals surface area contributed by atoms with Gasteiger partial charge in [-0.05, 0) is 60.7 Å². The van der Waals surface area contributed by atoms with Crippen LogP contribution in [0.1, 0.15) is 0 Å². The lowest BCUT2D eigenvalue weighted by atomic mass is 10.1. The summed E-state index contributed by atoms with van der Waals surface area (Å²) < 4.78 is 10.3. The number of aromatic nitrogens is 5. The van der Waals surface area contributed by atoms with Crippen LogP contribution >= 0.6 is 0 Å². The van der Waals surface area contributed by atoms with Crippen molar-refractivity contribution in [2.75, 3.05) is 0 Å². The molecule has 0 atom stereocenters. The molecule has 0 radical (unpaired) electrons. The minimum absolute atomic E-state index is 0.614. The SMILES string of the molecule is c1cc(-c2cc(-n3cccn3)ccn2)cc(-n2c3ccccc3c3ccc(-c4nc5ccccc5o4)cc32)c1. The number of fused-ring (bicyclic) bond motifs is 4. The lowest BCUT2D eigenvalue weighted by Gasteiger charge is -2.11. The Kier molecular flexibility index (Phi) is 4.72. The van der Waals surface area contributed by atoms with Crippen LogP contribution in [-0.2, 0) is 0 Å². The molecule has 4 heterocycles. The molecule has 0 aliphatic heterocycles. The minimum Gasteiger partial charge on any atom is -0.436 e. The van der Waals surface area contributed by atoms with Gasteiger partial charge in [0.1, 0.15) is 5.52 Å². The summed E-state index contributed by atoms with van der Waals surface area (Å²) in [5.74, 6) is 0.614. The lowest BCUT2D eigenvalue weighted by molar-refractivity contribution is 0.620. The van der Waals surface area contributed by atoms with Crippen LogP contribution < -0.4 is 0 Å². The van der Waals surface area contributed by atoms with Crippen molar-refractivity contribution < 1.29 is 4.42 Å². The Bertz CT molecular complexity index is 2100. The summed E-state index contributed by atoms with van der Waals surface area (Å²) >= 11 is 0. The first kappa shape index (κ1) is 21.6. The molecule has 0 N–H and O–H groups in total. The quantitative estimate of drug-likeness (QED) is 0.245. The van der Waals surface area contributed by atoms with Crippen LogP contribution in [0, 0.1) is 0 Å². The van der Waals surface area contributed by atoms with Crippen molar-refractivity contribution in [2.45, 2.75) is 0 Å². The molecule has 8 aromatic rings. The summed E-state index contributed by atoms with van der Waals surface area (Å²) in [7, 11) is 0. The third-order valence-corrected chi connectivity index (χ3v) is 7.13. The highest BCUT2D eigenvalue weighted by Gasteiger charge is 2.16. The smallest absolute Gasteiger partial charge is 0.227 e. The van der Waals surface area contributed by atoms with Gasteiger partial charge in [0.2, 0.25) is 5.89 Å². The molecule has 39 heavy (non-hydrogen) atoms. The number of benzene rings is 4. The summed E-state index contributed by atoms with van der Waals surface area (Å²) in [6.45, 7) is 0. The Morgan fingerprint density at radius 1 is 0.615 bits per heavy atom. The molecule has 184 valence electrons. The standard InChI is InChI=1S/C33H21N5O/c1-3-11-30-26(9-1)27-14-13-23(33-36-28-10-2-4-12-32(28)39-33)20-31(27)38(30)25-8-5-7-22(19-25)29-21-24(15-17-34-29)37-18-6-16-35-37/h1-21H. The number of rotatable bonds is 4. The third kappa shape index (κ3) is 3.54. The molecular formula is C33H21N5O. The molecule has 0 bridgehead atoms. The highest BCUT2D eigenvalue weighted by Crippen LogP contribution is 2.36. The Balaban J connectivity index is 1.31. The molecule has 4 aromatic heterocycles. The van der Waals surface area contributed by atoms with E-state index >= 15 is 0 Å². The summed E-state index contributed by atoms with van der Waals surface area (Å²) in [5, 5.41) is 6.74. The van der Waals surface area contributed by atoms with E-state index in [0.29, 0.717) is 5.89 Å². The van der Waals surface area contributed by atoms with Crippen molar-refractivity contribution in [3.05, 3.63) is 128 Å². The number of hydrogen-bond acceptors (Lipinski definition) is 4. The van der Waals surface area contributed by atoms with E-state index in [9.17, 15) is 0 Å². The van der Waals surface area contributed by atoms with E-state index in [1.54, 1.807) is 6.20 Å². The minimum atomic E-state index is 0.614. The fraction of sp³-hybridized carbons (Fsp3) is 0. The number of oxazole rings is 1. The van der Waals surface area contributed by atoms with Gasteiger partial charge >= 0.3 is 0 Å². The van der Waals surface area contributed by atoms with Crippen LogP contribution in [0.4, 0.5) is 0 Å². The molecular weight excluding hydrogens is 482 g/mol. The molecule has 8 rings (SSSR count). The van der Waals surface area contributed by atoms with Gasteiger partial charge in [0.05, 0.1) is 22.4 Å². The van der Waals surface area contributed by atoms with Gasteiger partial charge in [-0.2, -0.15) is 5.10 Å². The number of hydrogen-bond donors (Lipinski definition) is 0. The van der Waals surface area contributed by atoms with Crippen LogP contribution in [0.25, 0.3) is 67.0 Å². The normalized spacial score (nSPS) is 11.6. The Hall–Kier alpha value is -5.49. The molecule has 0 saturated heterocycles. The first-order valence-corrected chi connectivity index (χ1v) is 12.8. The second-order valence-corrected chi connectivity index (χ2v) is 9.47. The zero-order valence-electron chi connectivity index (χ0n) is 20.8. The van der Waals surface area contributed by atoms with Crippen LogP contribution in [0.5, 0.6) is 0 Å². The predicted molar refractivity (Wildman–Crippen MR) is 154 cm³/mol. The van der Waals surface area contributed by atoms with E-state index in [-0.39, 0.29) is 0 Å². The first-order chi connectivity index (χ1) is 19.3. The lowest BCUT2D eigenvalue weighted by Crippen LogP contribution is -1.97. The predicted octanol–water partition coefficient (Wildman–Crippen LogP) is 7.84. The summed E-state index contributed by atoms with van der Waals surface area (Å²) in [6, 6.07) is 37.2. The summed E-state index contributed by atoms with van der Waals surface area (Å²) in [6.07, 6.45) is 5.53. The van der Waals surface area contributed by atoms with Crippen molar-refractivity contribution in [1.29, 1.82) is 0 Å². The molecule has 0 spiro atoms. The monoisotopic (exact) mass is 503 g/mol. The van der Waals surface area contributed by atoms with Crippen LogP contribution in [-0.4, -0.2) is 24.3 Å². The largest absolute Gasteiger partial charge is 0.436 e. The first-order valence-electron chi connectivity index (χ1n) is 12.8. The molecule has 0 unspecified atom stereocenters. The van der Waals surface area contributed by atoms with Crippen LogP contribution in [0.2, 0.25) is 0 Å². The molecule has 0 aliphatic carbocycles. The average Bonchev–Trinajstić information content (AvgIpc) is 3.75. The summed E-state index contributed by atoms with van der Waals surface area (Å²) in [4.78, 5) is 9.41. The van der Waals surface area contributed by atoms with Gasteiger partial charge in [-0.3, -0.25) is 4.98 Å². The average molecular weight is 504 g/mol. The topological polar surface area (TPSA) is 61.7 Å². The van der Waals surface area contributed by atoms with E-state index in [2.05, 4.69) is 87.4 Å².